The highest BCUT2D eigenvalue weighted by Gasteiger charge is 2.13. The van der Waals surface area contributed by atoms with Gasteiger partial charge < -0.3 is 4.74 Å². The summed E-state index contributed by atoms with van der Waals surface area (Å²) in [4.78, 5) is 16.5. The Morgan fingerprint density at radius 1 is 1.40 bits per heavy atom. The van der Waals surface area contributed by atoms with Crippen LogP contribution in [0.15, 0.2) is 30.6 Å². The van der Waals surface area contributed by atoms with E-state index in [1.54, 1.807) is 23.9 Å². The first-order valence-corrected chi connectivity index (χ1v) is 6.64. The number of methoxy groups -OCH3 is 1. The fourth-order valence-corrected chi connectivity index (χ4v) is 1.97. The van der Waals surface area contributed by atoms with Gasteiger partial charge >= 0.3 is 0 Å². The summed E-state index contributed by atoms with van der Waals surface area (Å²) in [5, 5.41) is 4.17. The second-order valence-corrected chi connectivity index (χ2v) is 5.08. The van der Waals surface area contributed by atoms with E-state index in [9.17, 15) is 4.79 Å². The van der Waals surface area contributed by atoms with Crippen LogP contribution >= 0.6 is 0 Å². The lowest BCUT2D eigenvalue weighted by Gasteiger charge is -2.08. The number of rotatable bonds is 6. The molecule has 0 N–H and O–H groups in total. The summed E-state index contributed by atoms with van der Waals surface area (Å²) >= 11 is 0. The summed E-state index contributed by atoms with van der Waals surface area (Å²) in [7, 11) is 1.59. The average Bonchev–Trinajstić information content (AvgIpc) is 2.85. The second-order valence-electron chi connectivity index (χ2n) is 5.08. The molecule has 1 aromatic carbocycles. The van der Waals surface area contributed by atoms with Crippen LogP contribution in [0.25, 0.3) is 0 Å². The van der Waals surface area contributed by atoms with Gasteiger partial charge in [-0.2, -0.15) is 5.10 Å². The molecule has 0 radical (unpaired) electrons. The smallest absolute Gasteiger partial charge is 0.170 e. The highest BCUT2D eigenvalue weighted by molar-refractivity contribution is 5.97. The maximum atomic E-state index is 12.3. The first-order chi connectivity index (χ1) is 9.60. The highest BCUT2D eigenvalue weighted by Crippen LogP contribution is 2.14. The molecule has 1 heterocycles. The number of aromatic nitrogens is 3. The lowest BCUT2D eigenvalue weighted by molar-refractivity contribution is 0.0988. The largest absolute Gasteiger partial charge is 0.497 e. The van der Waals surface area contributed by atoms with Gasteiger partial charge in [0.15, 0.2) is 5.78 Å². The normalized spacial score (nSPS) is 10.8. The molecule has 0 aliphatic rings. The lowest BCUT2D eigenvalue weighted by atomic mass is 10.1. The van der Waals surface area contributed by atoms with Crippen LogP contribution in [0.2, 0.25) is 0 Å². The third-order valence-electron chi connectivity index (χ3n) is 2.94. The highest BCUT2D eigenvalue weighted by atomic mass is 16.5. The summed E-state index contributed by atoms with van der Waals surface area (Å²) in [5.74, 6) is 1.86. The van der Waals surface area contributed by atoms with Gasteiger partial charge in [0.05, 0.1) is 13.5 Å². The van der Waals surface area contributed by atoms with Crippen molar-refractivity contribution in [2.45, 2.75) is 26.8 Å². The number of Topliss-reactive ketones (excluding diaryl/α,β-unsaturated/α-hetero) is 1. The zero-order valence-electron chi connectivity index (χ0n) is 12.0. The number of hydrogen-bond acceptors (Lipinski definition) is 4. The first-order valence-electron chi connectivity index (χ1n) is 6.64. The summed E-state index contributed by atoms with van der Waals surface area (Å²) in [6.07, 6.45) is 1.75. The molecule has 0 saturated carbocycles. The van der Waals surface area contributed by atoms with Gasteiger partial charge in [-0.3, -0.25) is 4.79 Å². The SMILES string of the molecule is COc1cccc(C(=O)Cc2ncnn2CC(C)C)c1. The molecule has 0 spiro atoms. The van der Waals surface area contributed by atoms with E-state index in [2.05, 4.69) is 23.9 Å². The van der Waals surface area contributed by atoms with Gasteiger partial charge in [0.25, 0.3) is 0 Å². The van der Waals surface area contributed by atoms with E-state index in [-0.39, 0.29) is 12.2 Å². The lowest BCUT2D eigenvalue weighted by Crippen LogP contribution is -2.14. The quantitative estimate of drug-likeness (QED) is 0.758. The van der Waals surface area contributed by atoms with E-state index in [0.717, 1.165) is 6.54 Å². The molecule has 0 aliphatic heterocycles. The standard InChI is InChI=1S/C15H19N3O2/c1-11(2)9-18-15(16-10-17-18)8-14(19)12-5-4-6-13(7-12)20-3/h4-7,10-11H,8-9H2,1-3H3. The number of benzene rings is 1. The van der Waals surface area contributed by atoms with Crippen LogP contribution in [0.4, 0.5) is 0 Å². The predicted molar refractivity (Wildman–Crippen MR) is 75.9 cm³/mol. The van der Waals surface area contributed by atoms with Crippen LogP contribution in [0, 0.1) is 5.92 Å². The minimum Gasteiger partial charge on any atom is -0.497 e. The van der Waals surface area contributed by atoms with Crippen molar-refractivity contribution in [2.24, 2.45) is 5.92 Å². The molecule has 0 aliphatic carbocycles. The molecule has 106 valence electrons. The van der Waals surface area contributed by atoms with Gasteiger partial charge in [0, 0.05) is 12.1 Å². The van der Waals surface area contributed by atoms with Gasteiger partial charge in [-0.15, -0.1) is 0 Å². The molecule has 2 rings (SSSR count). The van der Waals surface area contributed by atoms with Crippen molar-refractivity contribution in [3.8, 4) is 5.75 Å². The van der Waals surface area contributed by atoms with Gasteiger partial charge in [0.2, 0.25) is 0 Å². The summed E-state index contributed by atoms with van der Waals surface area (Å²) in [6.45, 7) is 4.98. The van der Waals surface area contributed by atoms with Gasteiger partial charge in [-0.25, -0.2) is 9.67 Å². The molecule has 0 saturated heterocycles. The van der Waals surface area contributed by atoms with Crippen molar-refractivity contribution in [1.29, 1.82) is 0 Å². The number of ether oxygens (including phenoxy) is 1. The molecule has 1 aromatic heterocycles. The van der Waals surface area contributed by atoms with Crippen LogP contribution in [0.3, 0.4) is 0 Å². The third kappa shape index (κ3) is 3.44. The van der Waals surface area contributed by atoms with E-state index in [1.807, 2.05) is 12.1 Å². The van der Waals surface area contributed by atoms with E-state index in [1.165, 1.54) is 6.33 Å². The maximum Gasteiger partial charge on any atom is 0.170 e. The summed E-state index contributed by atoms with van der Waals surface area (Å²) < 4.78 is 6.93. The van der Waals surface area contributed by atoms with Crippen LogP contribution in [-0.2, 0) is 13.0 Å². The number of ketones is 1. The molecule has 2 aromatic rings. The Balaban J connectivity index is 2.13. The molecular formula is C15H19N3O2. The van der Waals surface area contributed by atoms with E-state index in [0.29, 0.717) is 23.1 Å². The topological polar surface area (TPSA) is 57.0 Å². The van der Waals surface area contributed by atoms with Crippen LogP contribution in [0.5, 0.6) is 5.75 Å². The Labute approximate surface area is 118 Å². The van der Waals surface area contributed by atoms with Crippen LogP contribution < -0.4 is 4.74 Å². The minimum atomic E-state index is 0.0157. The Kier molecular flexibility index (Phi) is 4.50. The number of hydrogen-bond donors (Lipinski definition) is 0. The van der Waals surface area contributed by atoms with Crippen molar-refractivity contribution >= 4 is 5.78 Å². The first kappa shape index (κ1) is 14.2. The zero-order chi connectivity index (χ0) is 14.5. The Morgan fingerprint density at radius 3 is 2.90 bits per heavy atom. The van der Waals surface area contributed by atoms with E-state index in [4.69, 9.17) is 4.74 Å². The van der Waals surface area contributed by atoms with Crippen molar-refractivity contribution in [2.75, 3.05) is 7.11 Å². The maximum absolute atomic E-state index is 12.3. The molecular weight excluding hydrogens is 254 g/mol. The molecule has 0 unspecified atom stereocenters. The van der Waals surface area contributed by atoms with Gasteiger partial charge in [-0.05, 0) is 18.1 Å². The Morgan fingerprint density at radius 2 is 2.20 bits per heavy atom. The zero-order valence-corrected chi connectivity index (χ0v) is 12.0. The molecule has 20 heavy (non-hydrogen) atoms. The molecule has 5 heteroatoms. The average molecular weight is 273 g/mol. The molecule has 0 fully saturated rings. The van der Waals surface area contributed by atoms with Crippen molar-refractivity contribution in [3.05, 3.63) is 42.0 Å². The minimum absolute atomic E-state index is 0.0157. The van der Waals surface area contributed by atoms with Crippen molar-refractivity contribution in [1.82, 2.24) is 14.8 Å². The van der Waals surface area contributed by atoms with E-state index >= 15 is 0 Å². The van der Waals surface area contributed by atoms with Gasteiger partial charge in [0.1, 0.15) is 17.9 Å². The Hall–Kier alpha value is -2.17. The van der Waals surface area contributed by atoms with Crippen molar-refractivity contribution < 1.29 is 9.53 Å². The Bertz CT molecular complexity index is 590. The summed E-state index contributed by atoms with van der Waals surface area (Å²) in [5.41, 5.74) is 0.628. The van der Waals surface area contributed by atoms with Gasteiger partial charge in [-0.1, -0.05) is 26.0 Å². The second kappa shape index (κ2) is 6.32. The molecule has 5 nitrogen and oxygen atoms in total. The van der Waals surface area contributed by atoms with Crippen molar-refractivity contribution in [3.63, 3.8) is 0 Å². The predicted octanol–water partition coefficient (Wildman–Crippen LogP) is 2.37. The molecule has 0 amide bonds. The number of carbonyl (C=O) groups is 1. The fourth-order valence-electron chi connectivity index (χ4n) is 1.97. The summed E-state index contributed by atoms with van der Waals surface area (Å²) in [6, 6.07) is 7.16. The van der Waals surface area contributed by atoms with Crippen LogP contribution in [-0.4, -0.2) is 27.7 Å². The third-order valence-corrected chi connectivity index (χ3v) is 2.94. The number of carbonyl (C=O) groups excluding carboxylic acids is 1. The monoisotopic (exact) mass is 273 g/mol. The number of nitrogens with zero attached hydrogens (tertiary/aromatic N) is 3. The molecule has 0 atom stereocenters. The molecule has 0 bridgehead atoms. The van der Waals surface area contributed by atoms with Crippen LogP contribution in [0.1, 0.15) is 30.0 Å². The fraction of sp³-hybridized carbons (Fsp3) is 0.400. The van der Waals surface area contributed by atoms with E-state index < -0.39 is 0 Å².